The molecule has 0 unspecified atom stereocenters. The highest BCUT2D eigenvalue weighted by atomic mass is 16.5. The Morgan fingerprint density at radius 1 is 1.00 bits per heavy atom. The molecule has 0 saturated carbocycles. The van der Waals surface area contributed by atoms with Crippen LogP contribution >= 0.6 is 0 Å². The van der Waals surface area contributed by atoms with Crippen LogP contribution in [0.3, 0.4) is 0 Å². The van der Waals surface area contributed by atoms with E-state index in [2.05, 4.69) is 11.0 Å². The normalized spacial score (nSPS) is 18.9. The molecule has 0 radical (unpaired) electrons. The van der Waals surface area contributed by atoms with Crippen LogP contribution < -0.4 is 9.64 Å². The van der Waals surface area contributed by atoms with E-state index in [0.717, 1.165) is 24.4 Å². The molecule has 27 heavy (non-hydrogen) atoms. The molecule has 5 heteroatoms. The Morgan fingerprint density at radius 3 is 2.48 bits per heavy atom. The Labute approximate surface area is 160 Å². The van der Waals surface area contributed by atoms with Gasteiger partial charge >= 0.3 is 0 Å². The minimum absolute atomic E-state index is 0.144. The molecule has 2 aromatic rings. The van der Waals surface area contributed by atoms with Crippen molar-refractivity contribution in [3.63, 3.8) is 0 Å². The van der Waals surface area contributed by atoms with E-state index < -0.39 is 5.60 Å². The number of hydrogen-bond donors (Lipinski definition) is 1. The summed E-state index contributed by atoms with van der Waals surface area (Å²) in [5.41, 5.74) is 1.47. The number of hydrogen-bond acceptors (Lipinski definition) is 4. The number of anilines is 1. The van der Waals surface area contributed by atoms with Gasteiger partial charge < -0.3 is 14.7 Å². The van der Waals surface area contributed by atoms with Gasteiger partial charge in [-0.25, -0.2) is 0 Å². The van der Waals surface area contributed by atoms with Crippen molar-refractivity contribution >= 4 is 11.6 Å². The summed E-state index contributed by atoms with van der Waals surface area (Å²) in [7, 11) is 0. The summed E-state index contributed by atoms with van der Waals surface area (Å²) in [6.45, 7) is 2.87. The lowest BCUT2D eigenvalue weighted by Gasteiger charge is -2.38. The molecule has 5 nitrogen and oxygen atoms in total. The molecule has 142 valence electrons. The summed E-state index contributed by atoms with van der Waals surface area (Å²) >= 11 is 0. The van der Waals surface area contributed by atoms with Crippen LogP contribution in [0, 0.1) is 0 Å². The molecule has 2 heterocycles. The summed E-state index contributed by atoms with van der Waals surface area (Å²) in [6, 6.07) is 17.7. The summed E-state index contributed by atoms with van der Waals surface area (Å²) in [6.07, 6.45) is 2.16. The van der Waals surface area contributed by atoms with Crippen molar-refractivity contribution in [1.29, 1.82) is 0 Å². The third-order valence-electron chi connectivity index (χ3n) is 5.58. The molecule has 1 fully saturated rings. The molecule has 1 N–H and O–H groups in total. The van der Waals surface area contributed by atoms with Gasteiger partial charge in [0.1, 0.15) is 18.0 Å². The number of para-hydroxylation sites is 2. The molecule has 0 aromatic heterocycles. The van der Waals surface area contributed by atoms with Crippen LogP contribution in [0.25, 0.3) is 0 Å². The van der Waals surface area contributed by atoms with Crippen LogP contribution in [0.5, 0.6) is 5.75 Å². The van der Waals surface area contributed by atoms with Crippen molar-refractivity contribution < 1.29 is 14.6 Å². The molecule has 2 aromatic carbocycles. The fourth-order valence-electron chi connectivity index (χ4n) is 3.88. The maximum absolute atomic E-state index is 12.7. The molecule has 4 rings (SSSR count). The largest absolute Gasteiger partial charge is 0.491 e. The molecular weight excluding hydrogens is 340 g/mol. The van der Waals surface area contributed by atoms with E-state index in [0.29, 0.717) is 32.5 Å². The smallest absolute Gasteiger partial charge is 0.241 e. The van der Waals surface area contributed by atoms with E-state index >= 15 is 0 Å². The van der Waals surface area contributed by atoms with Gasteiger partial charge in [0.2, 0.25) is 5.91 Å². The number of piperidine rings is 1. The summed E-state index contributed by atoms with van der Waals surface area (Å²) in [4.78, 5) is 16.8. The quantitative estimate of drug-likeness (QED) is 0.883. The Hall–Kier alpha value is -2.37. The second kappa shape index (κ2) is 7.71. The second-order valence-electron chi connectivity index (χ2n) is 7.53. The fourth-order valence-corrected chi connectivity index (χ4v) is 3.88. The molecule has 1 amide bonds. The highest BCUT2D eigenvalue weighted by Crippen LogP contribution is 2.28. The molecule has 0 spiro atoms. The Kier molecular flexibility index (Phi) is 5.14. The number of carbonyl (C=O) groups excluding carboxylic acids is 1. The number of amides is 1. The van der Waals surface area contributed by atoms with Gasteiger partial charge in [0, 0.05) is 25.3 Å². The van der Waals surface area contributed by atoms with Crippen LogP contribution in [0.1, 0.15) is 18.4 Å². The molecular formula is C22H26N2O3. The Bertz CT molecular complexity index is 785. The third-order valence-corrected chi connectivity index (χ3v) is 5.58. The zero-order valence-corrected chi connectivity index (χ0v) is 15.5. The Morgan fingerprint density at radius 2 is 1.70 bits per heavy atom. The van der Waals surface area contributed by atoms with Gasteiger partial charge in [-0.1, -0.05) is 36.4 Å². The minimum Gasteiger partial charge on any atom is -0.491 e. The number of fused-ring (bicyclic) bond motifs is 1. The lowest BCUT2D eigenvalue weighted by atomic mass is 9.92. The Balaban J connectivity index is 1.27. The van der Waals surface area contributed by atoms with Gasteiger partial charge in [-0.2, -0.15) is 0 Å². The van der Waals surface area contributed by atoms with E-state index in [1.54, 1.807) is 0 Å². The monoisotopic (exact) mass is 366 g/mol. The molecule has 0 bridgehead atoms. The molecule has 2 aliphatic heterocycles. The summed E-state index contributed by atoms with van der Waals surface area (Å²) in [5.74, 6) is 0.919. The first-order chi connectivity index (χ1) is 13.1. The van der Waals surface area contributed by atoms with Gasteiger partial charge in [0.05, 0.1) is 6.54 Å². The number of carbonyl (C=O) groups is 1. The predicted molar refractivity (Wildman–Crippen MR) is 105 cm³/mol. The first-order valence-electron chi connectivity index (χ1n) is 9.64. The zero-order chi connectivity index (χ0) is 18.7. The molecule has 0 aliphatic carbocycles. The highest BCUT2D eigenvalue weighted by Gasteiger charge is 2.34. The topological polar surface area (TPSA) is 53.0 Å². The van der Waals surface area contributed by atoms with Crippen molar-refractivity contribution in [3.8, 4) is 5.75 Å². The van der Waals surface area contributed by atoms with Crippen molar-refractivity contribution in [2.45, 2.75) is 24.9 Å². The molecule has 0 atom stereocenters. The number of rotatable bonds is 5. The minimum atomic E-state index is -0.824. The highest BCUT2D eigenvalue weighted by molar-refractivity contribution is 5.96. The maximum atomic E-state index is 12.7. The van der Waals surface area contributed by atoms with E-state index in [9.17, 15) is 9.90 Å². The first kappa shape index (κ1) is 18.0. The van der Waals surface area contributed by atoms with Crippen LogP contribution in [0.2, 0.25) is 0 Å². The van der Waals surface area contributed by atoms with Crippen LogP contribution in [-0.2, 0) is 11.2 Å². The lowest BCUT2D eigenvalue weighted by Crippen LogP contribution is -2.50. The van der Waals surface area contributed by atoms with Crippen molar-refractivity contribution in [1.82, 2.24) is 4.90 Å². The number of ether oxygens (including phenoxy) is 1. The predicted octanol–water partition coefficient (Wildman–Crippen LogP) is 2.48. The number of aliphatic hydroxyl groups is 1. The molecule has 1 saturated heterocycles. The lowest BCUT2D eigenvalue weighted by molar-refractivity contribution is -0.121. The van der Waals surface area contributed by atoms with Gasteiger partial charge in [0.25, 0.3) is 0 Å². The first-order valence-corrected chi connectivity index (χ1v) is 9.64. The summed E-state index contributed by atoms with van der Waals surface area (Å²) in [5, 5.41) is 10.8. The number of nitrogens with zero attached hydrogens (tertiary/aromatic N) is 2. The van der Waals surface area contributed by atoms with E-state index in [1.165, 1.54) is 5.56 Å². The van der Waals surface area contributed by atoms with E-state index in [4.69, 9.17) is 4.74 Å². The standard InChI is InChI=1S/C22H26N2O3/c25-21(24-13-10-18-6-4-5-9-20(18)24)16-23-14-11-22(26,12-15-23)17-27-19-7-2-1-3-8-19/h1-9,26H,10-17H2. The second-order valence-corrected chi connectivity index (χ2v) is 7.53. The van der Waals surface area contributed by atoms with Crippen LogP contribution in [-0.4, -0.2) is 54.3 Å². The zero-order valence-electron chi connectivity index (χ0n) is 15.5. The van der Waals surface area contributed by atoms with Gasteiger partial charge in [0.15, 0.2) is 0 Å². The van der Waals surface area contributed by atoms with Gasteiger partial charge in [-0.3, -0.25) is 9.69 Å². The van der Waals surface area contributed by atoms with Crippen LogP contribution in [0.4, 0.5) is 5.69 Å². The van der Waals surface area contributed by atoms with Gasteiger partial charge in [-0.15, -0.1) is 0 Å². The van der Waals surface area contributed by atoms with E-state index in [-0.39, 0.29) is 12.5 Å². The van der Waals surface area contributed by atoms with Gasteiger partial charge in [-0.05, 0) is 43.0 Å². The number of benzene rings is 2. The average Bonchev–Trinajstić information content (AvgIpc) is 3.14. The SMILES string of the molecule is O=C(CN1CCC(O)(COc2ccccc2)CC1)N1CCc2ccccc21. The summed E-state index contributed by atoms with van der Waals surface area (Å²) < 4.78 is 5.74. The number of likely N-dealkylation sites (tertiary alicyclic amines) is 1. The molecule has 2 aliphatic rings. The van der Waals surface area contributed by atoms with Crippen molar-refractivity contribution in [3.05, 3.63) is 60.2 Å². The third kappa shape index (κ3) is 4.15. The average molecular weight is 366 g/mol. The fraction of sp³-hybridized carbons (Fsp3) is 0.409. The van der Waals surface area contributed by atoms with Crippen molar-refractivity contribution in [2.24, 2.45) is 0 Å². The van der Waals surface area contributed by atoms with Crippen molar-refractivity contribution in [2.75, 3.05) is 37.7 Å². The maximum Gasteiger partial charge on any atom is 0.241 e. The van der Waals surface area contributed by atoms with Crippen LogP contribution in [0.15, 0.2) is 54.6 Å². The van der Waals surface area contributed by atoms with E-state index in [1.807, 2.05) is 53.4 Å².